The molecule has 1 amide bonds. The number of methoxy groups -OCH3 is 1. The molecule has 0 aromatic heterocycles. The van der Waals surface area contributed by atoms with Gasteiger partial charge in [0.05, 0.1) is 18.7 Å². The number of carbonyl (C=O) groups is 1. The standard InChI is InChI=1S/C17H25ClN2O3/c1-4-7-23-16-14(18)8-13(9-15(16)22-3)17(21)19-10-12-5-6-20(2)11-12/h8-9,12H,4-7,10-11H2,1-3H3,(H,19,21). The molecule has 1 atom stereocenters. The van der Waals surface area contributed by atoms with E-state index < -0.39 is 0 Å². The lowest BCUT2D eigenvalue weighted by Gasteiger charge is -2.15. The Balaban J connectivity index is 2.03. The summed E-state index contributed by atoms with van der Waals surface area (Å²) in [5.41, 5.74) is 0.488. The van der Waals surface area contributed by atoms with E-state index in [4.69, 9.17) is 21.1 Å². The monoisotopic (exact) mass is 340 g/mol. The molecule has 2 rings (SSSR count). The van der Waals surface area contributed by atoms with Crippen molar-refractivity contribution in [1.29, 1.82) is 0 Å². The van der Waals surface area contributed by atoms with Crippen LogP contribution in [-0.4, -0.2) is 51.2 Å². The average Bonchev–Trinajstić information content (AvgIpc) is 2.96. The largest absolute Gasteiger partial charge is 0.493 e. The highest BCUT2D eigenvalue weighted by Crippen LogP contribution is 2.36. The fourth-order valence-corrected chi connectivity index (χ4v) is 2.99. The summed E-state index contributed by atoms with van der Waals surface area (Å²) in [5.74, 6) is 1.34. The molecule has 1 N–H and O–H groups in total. The fraction of sp³-hybridized carbons (Fsp3) is 0.588. The van der Waals surface area contributed by atoms with Crippen LogP contribution >= 0.6 is 11.6 Å². The van der Waals surface area contributed by atoms with Gasteiger partial charge in [-0.25, -0.2) is 0 Å². The van der Waals surface area contributed by atoms with E-state index in [2.05, 4.69) is 17.3 Å². The van der Waals surface area contributed by atoms with Gasteiger partial charge < -0.3 is 19.7 Å². The third-order valence-electron chi connectivity index (χ3n) is 3.98. The minimum absolute atomic E-state index is 0.137. The number of carbonyl (C=O) groups excluding carboxylic acids is 1. The Bertz CT molecular complexity index is 551. The van der Waals surface area contributed by atoms with Gasteiger partial charge in [-0.15, -0.1) is 0 Å². The molecule has 1 aliphatic rings. The van der Waals surface area contributed by atoms with Crippen LogP contribution in [0.25, 0.3) is 0 Å². The molecule has 0 saturated carbocycles. The highest BCUT2D eigenvalue weighted by atomic mass is 35.5. The van der Waals surface area contributed by atoms with Crippen molar-refractivity contribution in [3.63, 3.8) is 0 Å². The van der Waals surface area contributed by atoms with Gasteiger partial charge in [0.2, 0.25) is 0 Å². The van der Waals surface area contributed by atoms with Crippen molar-refractivity contribution < 1.29 is 14.3 Å². The summed E-state index contributed by atoms with van der Waals surface area (Å²) in [6.07, 6.45) is 1.99. The number of nitrogens with one attached hydrogen (secondary N) is 1. The van der Waals surface area contributed by atoms with Crippen LogP contribution in [-0.2, 0) is 0 Å². The second-order valence-corrected chi connectivity index (χ2v) is 6.37. The van der Waals surface area contributed by atoms with Crippen LogP contribution in [0.5, 0.6) is 11.5 Å². The Kier molecular flexibility index (Phi) is 6.54. The minimum Gasteiger partial charge on any atom is -0.493 e. The Morgan fingerprint density at radius 3 is 2.87 bits per heavy atom. The molecule has 1 aromatic carbocycles. The van der Waals surface area contributed by atoms with E-state index in [0.717, 1.165) is 25.9 Å². The molecule has 0 aliphatic carbocycles. The molecule has 6 heteroatoms. The predicted molar refractivity (Wildman–Crippen MR) is 91.7 cm³/mol. The molecule has 1 aromatic rings. The van der Waals surface area contributed by atoms with Gasteiger partial charge in [0, 0.05) is 18.7 Å². The topological polar surface area (TPSA) is 50.8 Å². The Morgan fingerprint density at radius 1 is 1.48 bits per heavy atom. The number of hydrogen-bond donors (Lipinski definition) is 1. The molecule has 1 saturated heterocycles. The second-order valence-electron chi connectivity index (χ2n) is 5.96. The molecular weight excluding hydrogens is 316 g/mol. The van der Waals surface area contributed by atoms with Gasteiger partial charge in [-0.3, -0.25) is 4.79 Å². The van der Waals surface area contributed by atoms with E-state index in [1.54, 1.807) is 19.2 Å². The lowest BCUT2D eigenvalue weighted by atomic mass is 10.1. The summed E-state index contributed by atoms with van der Waals surface area (Å²) in [4.78, 5) is 14.6. The number of hydrogen-bond acceptors (Lipinski definition) is 4. The number of nitrogens with zero attached hydrogens (tertiary/aromatic N) is 1. The van der Waals surface area contributed by atoms with Gasteiger partial charge in [-0.1, -0.05) is 18.5 Å². The SMILES string of the molecule is CCCOc1c(Cl)cc(C(=O)NCC2CCN(C)C2)cc1OC. The summed E-state index contributed by atoms with van der Waals surface area (Å²) in [6.45, 7) is 5.36. The maximum atomic E-state index is 12.3. The molecular formula is C17H25ClN2O3. The Morgan fingerprint density at radius 2 is 2.26 bits per heavy atom. The van der Waals surface area contributed by atoms with E-state index in [1.807, 2.05) is 6.92 Å². The molecule has 0 bridgehead atoms. The molecule has 0 spiro atoms. The highest BCUT2D eigenvalue weighted by Gasteiger charge is 2.21. The maximum Gasteiger partial charge on any atom is 0.251 e. The lowest BCUT2D eigenvalue weighted by Crippen LogP contribution is -2.30. The normalized spacial score (nSPS) is 18.0. The highest BCUT2D eigenvalue weighted by molar-refractivity contribution is 6.32. The molecule has 23 heavy (non-hydrogen) atoms. The third-order valence-corrected chi connectivity index (χ3v) is 4.26. The van der Waals surface area contributed by atoms with Crippen molar-refractivity contribution in [2.75, 3.05) is 40.4 Å². The first-order chi connectivity index (χ1) is 11.0. The van der Waals surface area contributed by atoms with Crippen molar-refractivity contribution in [2.45, 2.75) is 19.8 Å². The Hall–Kier alpha value is -1.46. The van der Waals surface area contributed by atoms with E-state index >= 15 is 0 Å². The average molecular weight is 341 g/mol. The molecule has 1 heterocycles. The van der Waals surface area contributed by atoms with Crippen LogP contribution in [0.3, 0.4) is 0 Å². The van der Waals surface area contributed by atoms with E-state index in [0.29, 0.717) is 41.2 Å². The number of rotatable bonds is 7. The number of likely N-dealkylation sites (tertiary alicyclic amines) is 1. The molecule has 128 valence electrons. The van der Waals surface area contributed by atoms with Crippen LogP contribution in [0.1, 0.15) is 30.1 Å². The summed E-state index contributed by atoms with van der Waals surface area (Å²) in [7, 11) is 3.64. The van der Waals surface area contributed by atoms with Crippen molar-refractivity contribution in [2.24, 2.45) is 5.92 Å². The van der Waals surface area contributed by atoms with Gasteiger partial charge in [0.25, 0.3) is 5.91 Å². The van der Waals surface area contributed by atoms with E-state index in [1.165, 1.54) is 0 Å². The van der Waals surface area contributed by atoms with Crippen molar-refractivity contribution in [1.82, 2.24) is 10.2 Å². The zero-order valence-corrected chi connectivity index (χ0v) is 14.8. The number of amides is 1. The second kappa shape index (κ2) is 8.41. The Labute approximate surface area is 142 Å². The quantitative estimate of drug-likeness (QED) is 0.829. The van der Waals surface area contributed by atoms with Gasteiger partial charge in [0.1, 0.15) is 0 Å². The lowest BCUT2D eigenvalue weighted by molar-refractivity contribution is 0.0947. The molecule has 1 fully saturated rings. The minimum atomic E-state index is -0.137. The number of ether oxygens (including phenoxy) is 2. The van der Waals surface area contributed by atoms with Gasteiger partial charge in [-0.2, -0.15) is 0 Å². The van der Waals surface area contributed by atoms with Crippen molar-refractivity contribution in [3.05, 3.63) is 22.7 Å². The summed E-state index contributed by atoms with van der Waals surface area (Å²) in [5, 5.41) is 3.37. The van der Waals surface area contributed by atoms with Crippen LogP contribution in [0, 0.1) is 5.92 Å². The van der Waals surface area contributed by atoms with Crippen LogP contribution in [0.4, 0.5) is 0 Å². The first-order valence-electron chi connectivity index (χ1n) is 8.02. The molecule has 5 nitrogen and oxygen atoms in total. The summed E-state index contributed by atoms with van der Waals surface area (Å²) >= 11 is 6.25. The van der Waals surface area contributed by atoms with Gasteiger partial charge in [-0.05, 0) is 44.5 Å². The van der Waals surface area contributed by atoms with Crippen molar-refractivity contribution >= 4 is 17.5 Å². The van der Waals surface area contributed by atoms with Crippen molar-refractivity contribution in [3.8, 4) is 11.5 Å². The zero-order chi connectivity index (χ0) is 16.8. The van der Waals surface area contributed by atoms with Gasteiger partial charge in [0.15, 0.2) is 11.5 Å². The van der Waals surface area contributed by atoms with Crippen LogP contribution in [0.15, 0.2) is 12.1 Å². The number of halogens is 1. The van der Waals surface area contributed by atoms with Crippen LogP contribution in [0.2, 0.25) is 5.02 Å². The third kappa shape index (κ3) is 4.75. The molecule has 0 radical (unpaired) electrons. The number of benzene rings is 1. The molecule has 1 aliphatic heterocycles. The summed E-state index contributed by atoms with van der Waals surface area (Å²) < 4.78 is 10.9. The molecule has 1 unspecified atom stereocenters. The first-order valence-corrected chi connectivity index (χ1v) is 8.40. The van der Waals surface area contributed by atoms with Gasteiger partial charge >= 0.3 is 0 Å². The maximum absolute atomic E-state index is 12.3. The summed E-state index contributed by atoms with van der Waals surface area (Å²) in [6, 6.07) is 3.30. The predicted octanol–water partition coefficient (Wildman–Crippen LogP) is 2.82. The van der Waals surface area contributed by atoms with E-state index in [9.17, 15) is 4.79 Å². The van der Waals surface area contributed by atoms with E-state index in [-0.39, 0.29) is 5.91 Å². The van der Waals surface area contributed by atoms with Crippen LogP contribution < -0.4 is 14.8 Å². The first kappa shape index (κ1) is 17.9. The smallest absolute Gasteiger partial charge is 0.251 e. The fourth-order valence-electron chi connectivity index (χ4n) is 2.73. The zero-order valence-electron chi connectivity index (χ0n) is 14.0.